The standard InChI is InChI=1S/C12H14BrF3N2O/c13-8-4-9(12(14,15)16)11(18-6-8)17-5-7-2-1-3-10(7)19/h4,6-7,10,19H,1-3,5H2,(H,17,18). The molecule has 3 nitrogen and oxygen atoms in total. The van der Waals surface area contributed by atoms with Crippen molar-refractivity contribution in [1.82, 2.24) is 4.98 Å². The molecule has 1 fully saturated rings. The van der Waals surface area contributed by atoms with Crippen molar-refractivity contribution in [2.24, 2.45) is 5.92 Å². The van der Waals surface area contributed by atoms with E-state index in [2.05, 4.69) is 26.2 Å². The van der Waals surface area contributed by atoms with Crippen molar-refractivity contribution in [2.45, 2.75) is 31.5 Å². The number of aliphatic hydroxyl groups excluding tert-OH is 1. The van der Waals surface area contributed by atoms with Crippen LogP contribution in [-0.2, 0) is 6.18 Å². The summed E-state index contributed by atoms with van der Waals surface area (Å²) >= 11 is 2.99. The van der Waals surface area contributed by atoms with Crippen molar-refractivity contribution in [2.75, 3.05) is 11.9 Å². The van der Waals surface area contributed by atoms with Gasteiger partial charge in [0, 0.05) is 23.1 Å². The summed E-state index contributed by atoms with van der Waals surface area (Å²) in [4.78, 5) is 3.77. The zero-order valence-corrected chi connectivity index (χ0v) is 11.6. The topological polar surface area (TPSA) is 45.1 Å². The van der Waals surface area contributed by atoms with Gasteiger partial charge in [-0.3, -0.25) is 0 Å². The Morgan fingerprint density at radius 3 is 2.74 bits per heavy atom. The van der Waals surface area contributed by atoms with E-state index in [0.717, 1.165) is 18.9 Å². The molecule has 0 radical (unpaired) electrons. The fraction of sp³-hybridized carbons (Fsp3) is 0.583. The lowest BCUT2D eigenvalue weighted by Crippen LogP contribution is -2.23. The molecular weight excluding hydrogens is 325 g/mol. The molecule has 2 N–H and O–H groups in total. The molecule has 1 heterocycles. The summed E-state index contributed by atoms with van der Waals surface area (Å²) in [6.45, 7) is 0.304. The average Bonchev–Trinajstić information content (AvgIpc) is 2.72. The largest absolute Gasteiger partial charge is 0.419 e. The molecule has 19 heavy (non-hydrogen) atoms. The summed E-state index contributed by atoms with van der Waals surface area (Å²) in [6, 6.07) is 1.00. The van der Waals surface area contributed by atoms with Gasteiger partial charge < -0.3 is 10.4 Å². The Morgan fingerprint density at radius 1 is 1.42 bits per heavy atom. The number of nitrogens with one attached hydrogen (secondary N) is 1. The fourth-order valence-corrected chi connectivity index (χ4v) is 2.61. The normalized spacial score (nSPS) is 23.6. The Balaban J connectivity index is 2.11. The Hall–Kier alpha value is -0.820. The van der Waals surface area contributed by atoms with E-state index >= 15 is 0 Å². The maximum atomic E-state index is 12.9. The quantitative estimate of drug-likeness (QED) is 0.887. The minimum atomic E-state index is -4.45. The maximum absolute atomic E-state index is 12.9. The molecule has 1 saturated carbocycles. The van der Waals surface area contributed by atoms with Gasteiger partial charge in [0.25, 0.3) is 0 Å². The Bertz CT molecular complexity index is 453. The van der Waals surface area contributed by atoms with Crippen LogP contribution in [0.25, 0.3) is 0 Å². The molecule has 0 aromatic carbocycles. The molecule has 7 heteroatoms. The van der Waals surface area contributed by atoms with Crippen LogP contribution < -0.4 is 5.32 Å². The fourth-order valence-electron chi connectivity index (χ4n) is 2.28. The number of aliphatic hydroxyl groups is 1. The monoisotopic (exact) mass is 338 g/mol. The summed E-state index contributed by atoms with van der Waals surface area (Å²) in [5.41, 5.74) is -0.797. The number of nitrogens with zero attached hydrogens (tertiary/aromatic N) is 1. The minimum absolute atomic E-state index is 0.00784. The molecule has 1 aromatic rings. The lowest BCUT2D eigenvalue weighted by Gasteiger charge is -2.18. The molecular formula is C12H14BrF3N2O. The molecule has 2 rings (SSSR count). The van der Waals surface area contributed by atoms with Crippen molar-refractivity contribution in [3.63, 3.8) is 0 Å². The van der Waals surface area contributed by atoms with E-state index in [4.69, 9.17) is 0 Å². The number of alkyl halides is 3. The average molecular weight is 339 g/mol. The number of rotatable bonds is 3. The van der Waals surface area contributed by atoms with Crippen molar-refractivity contribution in [3.8, 4) is 0 Å². The van der Waals surface area contributed by atoms with Gasteiger partial charge in [0.05, 0.1) is 11.7 Å². The predicted molar refractivity (Wildman–Crippen MR) is 68.8 cm³/mol. The number of hydrogen-bond acceptors (Lipinski definition) is 3. The van der Waals surface area contributed by atoms with E-state index < -0.39 is 17.8 Å². The molecule has 1 aliphatic rings. The number of aromatic nitrogens is 1. The van der Waals surface area contributed by atoms with Crippen molar-refractivity contribution in [1.29, 1.82) is 0 Å². The van der Waals surface area contributed by atoms with E-state index in [1.54, 1.807) is 0 Å². The Morgan fingerprint density at radius 2 is 2.16 bits per heavy atom. The summed E-state index contributed by atoms with van der Waals surface area (Å²) in [6.07, 6.45) is -1.11. The van der Waals surface area contributed by atoms with E-state index in [1.807, 2.05) is 0 Å². The molecule has 2 unspecified atom stereocenters. The number of halogens is 4. The lowest BCUT2D eigenvalue weighted by molar-refractivity contribution is -0.137. The predicted octanol–water partition coefficient (Wildman–Crippen LogP) is 3.44. The van der Waals surface area contributed by atoms with Gasteiger partial charge in [-0.1, -0.05) is 6.42 Å². The van der Waals surface area contributed by atoms with E-state index in [1.165, 1.54) is 6.20 Å². The highest BCUT2D eigenvalue weighted by Gasteiger charge is 2.35. The molecule has 106 valence electrons. The van der Waals surface area contributed by atoms with E-state index in [-0.39, 0.29) is 16.2 Å². The summed E-state index contributed by atoms with van der Waals surface area (Å²) in [5, 5.41) is 12.4. The highest BCUT2D eigenvalue weighted by atomic mass is 79.9. The highest BCUT2D eigenvalue weighted by Crippen LogP contribution is 2.35. The Labute approximate surface area is 117 Å². The molecule has 1 aromatic heterocycles. The highest BCUT2D eigenvalue weighted by molar-refractivity contribution is 9.10. The first-order valence-corrected chi connectivity index (χ1v) is 6.82. The zero-order valence-electron chi connectivity index (χ0n) is 10.0. The van der Waals surface area contributed by atoms with Crippen molar-refractivity contribution < 1.29 is 18.3 Å². The third-order valence-electron chi connectivity index (χ3n) is 3.31. The van der Waals surface area contributed by atoms with Gasteiger partial charge in [0.1, 0.15) is 5.82 Å². The van der Waals surface area contributed by atoms with Crippen LogP contribution in [0.4, 0.5) is 19.0 Å². The second-order valence-corrected chi connectivity index (χ2v) is 5.60. The van der Waals surface area contributed by atoms with Crippen LogP contribution in [0.5, 0.6) is 0 Å². The third-order valence-corrected chi connectivity index (χ3v) is 3.74. The minimum Gasteiger partial charge on any atom is -0.393 e. The van der Waals surface area contributed by atoms with Crippen molar-refractivity contribution >= 4 is 21.7 Å². The number of pyridine rings is 1. The number of hydrogen-bond donors (Lipinski definition) is 2. The van der Waals surface area contributed by atoms with Gasteiger partial charge in [0.2, 0.25) is 0 Å². The van der Waals surface area contributed by atoms with Gasteiger partial charge in [-0.2, -0.15) is 13.2 Å². The van der Waals surface area contributed by atoms with Gasteiger partial charge >= 0.3 is 6.18 Å². The summed E-state index contributed by atoms with van der Waals surface area (Å²) < 4.78 is 38.8. The van der Waals surface area contributed by atoms with Gasteiger partial charge in [0.15, 0.2) is 0 Å². The first-order valence-electron chi connectivity index (χ1n) is 6.02. The van der Waals surface area contributed by atoms with E-state index in [0.29, 0.717) is 13.0 Å². The summed E-state index contributed by atoms with van der Waals surface area (Å²) in [5.74, 6) is -0.193. The summed E-state index contributed by atoms with van der Waals surface area (Å²) in [7, 11) is 0. The molecule has 0 amide bonds. The molecule has 0 spiro atoms. The van der Waals surface area contributed by atoms with Gasteiger partial charge in [-0.15, -0.1) is 0 Å². The molecule has 2 atom stereocenters. The lowest BCUT2D eigenvalue weighted by atomic mass is 10.1. The first kappa shape index (κ1) is 14.6. The Kier molecular flexibility index (Phi) is 4.35. The van der Waals surface area contributed by atoms with Gasteiger partial charge in [-0.25, -0.2) is 4.98 Å². The van der Waals surface area contributed by atoms with E-state index in [9.17, 15) is 18.3 Å². The zero-order chi connectivity index (χ0) is 14.0. The smallest absolute Gasteiger partial charge is 0.393 e. The molecule has 0 bridgehead atoms. The molecule has 0 aliphatic heterocycles. The van der Waals surface area contributed by atoms with Crippen LogP contribution >= 0.6 is 15.9 Å². The maximum Gasteiger partial charge on any atom is 0.419 e. The molecule has 0 saturated heterocycles. The second kappa shape index (κ2) is 5.66. The van der Waals surface area contributed by atoms with Gasteiger partial charge in [-0.05, 0) is 34.8 Å². The van der Waals surface area contributed by atoms with Crippen LogP contribution in [0.3, 0.4) is 0 Å². The van der Waals surface area contributed by atoms with Crippen LogP contribution in [0.1, 0.15) is 24.8 Å². The van der Waals surface area contributed by atoms with Crippen LogP contribution in [0.2, 0.25) is 0 Å². The van der Waals surface area contributed by atoms with Crippen molar-refractivity contribution in [3.05, 3.63) is 22.3 Å². The third kappa shape index (κ3) is 3.60. The second-order valence-electron chi connectivity index (χ2n) is 4.69. The van der Waals surface area contributed by atoms with Crippen LogP contribution in [0.15, 0.2) is 16.7 Å². The first-order chi connectivity index (χ1) is 8.88. The van der Waals surface area contributed by atoms with Crippen LogP contribution in [-0.4, -0.2) is 22.7 Å². The van der Waals surface area contributed by atoms with Crippen LogP contribution in [0, 0.1) is 5.92 Å². The SMILES string of the molecule is OC1CCCC1CNc1ncc(Br)cc1C(F)(F)F. The number of anilines is 1. The molecule has 1 aliphatic carbocycles.